The predicted octanol–water partition coefficient (Wildman–Crippen LogP) is 2.13. The number of aromatic carboxylic acids is 1. The molecular formula is C13H14N2O2. The Morgan fingerprint density at radius 1 is 1.35 bits per heavy atom. The maximum atomic E-state index is 11.1. The van der Waals surface area contributed by atoms with Gasteiger partial charge in [0, 0.05) is 25.1 Å². The third kappa shape index (κ3) is 2.53. The average molecular weight is 230 g/mol. The molecule has 0 spiro atoms. The van der Waals surface area contributed by atoms with E-state index in [0.29, 0.717) is 12.2 Å². The number of aryl methyl sites for hydroxylation is 3. The van der Waals surface area contributed by atoms with E-state index >= 15 is 0 Å². The fourth-order valence-corrected chi connectivity index (χ4v) is 1.86. The normalized spacial score (nSPS) is 10.4. The van der Waals surface area contributed by atoms with Crippen molar-refractivity contribution in [1.29, 1.82) is 0 Å². The fraction of sp³-hybridized carbons (Fsp3) is 0.231. The van der Waals surface area contributed by atoms with E-state index in [4.69, 9.17) is 5.11 Å². The van der Waals surface area contributed by atoms with Crippen molar-refractivity contribution in [2.75, 3.05) is 0 Å². The Morgan fingerprint density at radius 2 is 2.06 bits per heavy atom. The molecule has 2 rings (SSSR count). The smallest absolute Gasteiger partial charge is 0.352 e. The summed E-state index contributed by atoms with van der Waals surface area (Å²) in [4.78, 5) is 15.0. The molecule has 0 saturated carbocycles. The van der Waals surface area contributed by atoms with Crippen molar-refractivity contribution in [3.05, 3.63) is 53.6 Å². The topological polar surface area (TPSA) is 55.1 Å². The summed E-state index contributed by atoms with van der Waals surface area (Å²) in [6.45, 7) is 2.48. The van der Waals surface area contributed by atoms with Gasteiger partial charge in [-0.2, -0.15) is 0 Å². The van der Waals surface area contributed by atoms with Gasteiger partial charge in [0.05, 0.1) is 0 Å². The summed E-state index contributed by atoms with van der Waals surface area (Å²) in [6.07, 6.45) is 6.11. The highest BCUT2D eigenvalue weighted by Crippen LogP contribution is 2.11. The van der Waals surface area contributed by atoms with Crippen molar-refractivity contribution in [3.63, 3.8) is 0 Å². The van der Waals surface area contributed by atoms with Crippen LogP contribution in [0.3, 0.4) is 0 Å². The van der Waals surface area contributed by atoms with Gasteiger partial charge in [-0.1, -0.05) is 0 Å². The Morgan fingerprint density at radius 3 is 2.71 bits per heavy atom. The number of pyridine rings is 1. The molecule has 0 aliphatic heterocycles. The lowest BCUT2D eigenvalue weighted by atomic mass is 10.2. The molecule has 0 saturated heterocycles. The summed E-state index contributed by atoms with van der Waals surface area (Å²) in [5.74, 6) is -0.873. The summed E-state index contributed by atoms with van der Waals surface area (Å²) in [7, 11) is 0. The summed E-state index contributed by atoms with van der Waals surface area (Å²) < 4.78 is 1.78. The van der Waals surface area contributed by atoms with E-state index in [2.05, 4.69) is 4.98 Å². The van der Waals surface area contributed by atoms with E-state index in [1.54, 1.807) is 17.0 Å². The van der Waals surface area contributed by atoms with Gasteiger partial charge in [0.15, 0.2) is 0 Å². The minimum Gasteiger partial charge on any atom is -0.477 e. The second kappa shape index (κ2) is 4.82. The first-order valence-corrected chi connectivity index (χ1v) is 5.46. The van der Waals surface area contributed by atoms with Crippen molar-refractivity contribution >= 4 is 5.97 Å². The Bertz CT molecular complexity index is 517. The zero-order valence-corrected chi connectivity index (χ0v) is 9.63. The Balaban J connectivity index is 2.12. The molecule has 0 radical (unpaired) electrons. The van der Waals surface area contributed by atoms with Gasteiger partial charge >= 0.3 is 5.97 Å². The van der Waals surface area contributed by atoms with Crippen molar-refractivity contribution in [1.82, 2.24) is 9.55 Å². The zero-order chi connectivity index (χ0) is 12.3. The summed E-state index contributed by atoms with van der Waals surface area (Å²) >= 11 is 0. The van der Waals surface area contributed by atoms with E-state index in [9.17, 15) is 4.79 Å². The van der Waals surface area contributed by atoms with Gasteiger partial charge in [-0.15, -0.1) is 0 Å². The Kier molecular flexibility index (Phi) is 3.23. The zero-order valence-electron chi connectivity index (χ0n) is 9.63. The van der Waals surface area contributed by atoms with E-state index in [0.717, 1.165) is 17.5 Å². The minimum absolute atomic E-state index is 0.374. The van der Waals surface area contributed by atoms with Crippen LogP contribution in [0.25, 0.3) is 0 Å². The van der Waals surface area contributed by atoms with Gasteiger partial charge in [-0.05, 0) is 42.7 Å². The maximum absolute atomic E-state index is 11.1. The van der Waals surface area contributed by atoms with Gasteiger partial charge in [-0.3, -0.25) is 4.98 Å². The number of carbonyl (C=O) groups is 1. The standard InChI is InChI=1S/C13H14N2O2/c1-10-4-8-15(12(10)13(16)17)9-5-11-2-6-14-7-3-11/h2-4,6-8H,5,9H2,1H3,(H,16,17). The van der Waals surface area contributed by atoms with Gasteiger partial charge in [0.1, 0.15) is 5.69 Å². The van der Waals surface area contributed by atoms with Crippen molar-refractivity contribution in [2.45, 2.75) is 19.9 Å². The molecule has 4 nitrogen and oxygen atoms in total. The molecule has 0 fully saturated rings. The van der Waals surface area contributed by atoms with E-state index < -0.39 is 5.97 Å². The SMILES string of the molecule is Cc1ccn(CCc2ccncc2)c1C(=O)O. The van der Waals surface area contributed by atoms with Crippen molar-refractivity contribution < 1.29 is 9.90 Å². The molecule has 88 valence electrons. The molecule has 2 heterocycles. The molecule has 0 aliphatic carbocycles. The van der Waals surface area contributed by atoms with Crippen LogP contribution in [0.15, 0.2) is 36.8 Å². The van der Waals surface area contributed by atoms with Crippen molar-refractivity contribution in [2.24, 2.45) is 0 Å². The van der Waals surface area contributed by atoms with E-state index in [1.165, 1.54) is 0 Å². The second-order valence-electron chi connectivity index (χ2n) is 3.95. The number of carboxylic acids is 1. The average Bonchev–Trinajstić information content (AvgIpc) is 2.69. The fourth-order valence-electron chi connectivity index (χ4n) is 1.86. The van der Waals surface area contributed by atoms with Gasteiger partial charge < -0.3 is 9.67 Å². The highest BCUT2D eigenvalue weighted by atomic mass is 16.4. The molecule has 2 aromatic heterocycles. The lowest BCUT2D eigenvalue weighted by Gasteiger charge is -2.06. The van der Waals surface area contributed by atoms with Crippen LogP contribution >= 0.6 is 0 Å². The van der Waals surface area contributed by atoms with Crippen LogP contribution in [0.4, 0.5) is 0 Å². The molecule has 17 heavy (non-hydrogen) atoms. The van der Waals surface area contributed by atoms with Gasteiger partial charge in [-0.25, -0.2) is 4.79 Å². The van der Waals surface area contributed by atoms with Gasteiger partial charge in [0.2, 0.25) is 0 Å². The molecule has 0 aliphatic rings. The molecular weight excluding hydrogens is 216 g/mol. The van der Waals surface area contributed by atoms with Crippen LogP contribution in [-0.4, -0.2) is 20.6 Å². The predicted molar refractivity (Wildman–Crippen MR) is 64.1 cm³/mol. The number of rotatable bonds is 4. The Hall–Kier alpha value is -2.10. The third-order valence-electron chi connectivity index (χ3n) is 2.76. The lowest BCUT2D eigenvalue weighted by Crippen LogP contribution is -2.10. The summed E-state index contributed by atoms with van der Waals surface area (Å²) in [5.41, 5.74) is 2.33. The highest BCUT2D eigenvalue weighted by molar-refractivity contribution is 5.87. The van der Waals surface area contributed by atoms with Crippen LogP contribution in [0.1, 0.15) is 21.6 Å². The van der Waals surface area contributed by atoms with Crippen LogP contribution in [0, 0.1) is 6.92 Å². The largest absolute Gasteiger partial charge is 0.477 e. The first-order chi connectivity index (χ1) is 8.18. The number of carboxylic acid groups (broad SMARTS) is 1. The molecule has 1 N–H and O–H groups in total. The first kappa shape index (κ1) is 11.4. The summed E-state index contributed by atoms with van der Waals surface area (Å²) in [6, 6.07) is 5.71. The monoisotopic (exact) mass is 230 g/mol. The molecule has 0 aromatic carbocycles. The first-order valence-electron chi connectivity index (χ1n) is 5.46. The van der Waals surface area contributed by atoms with Gasteiger partial charge in [0.25, 0.3) is 0 Å². The van der Waals surface area contributed by atoms with E-state index in [-0.39, 0.29) is 0 Å². The Labute approximate surface area is 99.5 Å². The molecule has 0 atom stereocenters. The minimum atomic E-state index is -0.873. The third-order valence-corrected chi connectivity index (χ3v) is 2.76. The highest BCUT2D eigenvalue weighted by Gasteiger charge is 2.12. The number of hydrogen-bond donors (Lipinski definition) is 1. The van der Waals surface area contributed by atoms with Crippen LogP contribution < -0.4 is 0 Å². The van der Waals surface area contributed by atoms with Crippen LogP contribution in [0.2, 0.25) is 0 Å². The molecule has 0 unspecified atom stereocenters. The molecule has 0 amide bonds. The van der Waals surface area contributed by atoms with E-state index in [1.807, 2.05) is 31.3 Å². The van der Waals surface area contributed by atoms with Crippen LogP contribution in [0.5, 0.6) is 0 Å². The molecule has 0 bridgehead atoms. The second-order valence-corrected chi connectivity index (χ2v) is 3.95. The lowest BCUT2D eigenvalue weighted by molar-refractivity contribution is 0.0684. The molecule has 4 heteroatoms. The maximum Gasteiger partial charge on any atom is 0.352 e. The number of hydrogen-bond acceptors (Lipinski definition) is 2. The summed E-state index contributed by atoms with van der Waals surface area (Å²) in [5, 5.41) is 9.10. The molecule has 2 aromatic rings. The number of aromatic nitrogens is 2. The number of nitrogens with zero attached hydrogens (tertiary/aromatic N) is 2. The van der Waals surface area contributed by atoms with Crippen LogP contribution in [-0.2, 0) is 13.0 Å². The quantitative estimate of drug-likeness (QED) is 0.875. The van der Waals surface area contributed by atoms with Crippen molar-refractivity contribution in [3.8, 4) is 0 Å².